The van der Waals surface area contributed by atoms with E-state index in [9.17, 15) is 9.59 Å². The van der Waals surface area contributed by atoms with E-state index in [4.69, 9.17) is 17.0 Å². The van der Waals surface area contributed by atoms with Crippen LogP contribution in [0.2, 0.25) is 0 Å². The molecule has 0 unspecified atom stereocenters. The molecule has 8 heteroatoms. The maximum absolute atomic E-state index is 13.3. The van der Waals surface area contributed by atoms with Crippen LogP contribution >= 0.6 is 28.1 Å². The molecule has 6 nitrogen and oxygen atoms in total. The van der Waals surface area contributed by atoms with Crippen molar-refractivity contribution in [1.82, 2.24) is 5.32 Å². The second-order valence-corrected chi connectivity index (χ2v) is 8.83. The lowest BCUT2D eigenvalue weighted by Crippen LogP contribution is -2.54. The SMILES string of the molecule is Cc1cc(N2CCOCC2)ccc1C=C1C(=O)NC(=S)N(c2ccc(Br)cc2C)C1=O. The van der Waals surface area contributed by atoms with Crippen molar-refractivity contribution in [3.05, 3.63) is 63.1 Å². The number of aryl methyl sites for hydroxylation is 2. The largest absolute Gasteiger partial charge is 0.378 e. The standard InChI is InChI=1S/C23H22BrN3O3S/c1-14-12-18(26-7-9-30-10-8-26)5-3-16(14)13-19-21(28)25-23(31)27(22(19)29)20-6-4-17(24)11-15(20)2/h3-6,11-13H,7-10H2,1-2H3,(H,25,28,31). The summed E-state index contributed by atoms with van der Waals surface area (Å²) in [6.45, 7) is 6.99. The summed E-state index contributed by atoms with van der Waals surface area (Å²) in [6.07, 6.45) is 1.64. The third kappa shape index (κ3) is 4.42. The molecule has 2 aliphatic rings. The van der Waals surface area contributed by atoms with Gasteiger partial charge in [0.1, 0.15) is 5.57 Å². The molecule has 0 saturated carbocycles. The zero-order valence-corrected chi connectivity index (χ0v) is 19.7. The predicted molar refractivity (Wildman–Crippen MR) is 129 cm³/mol. The highest BCUT2D eigenvalue weighted by atomic mass is 79.9. The number of benzene rings is 2. The molecule has 2 saturated heterocycles. The van der Waals surface area contributed by atoms with Gasteiger partial charge in [-0.3, -0.25) is 19.8 Å². The third-order valence-electron chi connectivity index (χ3n) is 5.43. The van der Waals surface area contributed by atoms with Crippen LogP contribution in [-0.4, -0.2) is 43.2 Å². The highest BCUT2D eigenvalue weighted by Gasteiger charge is 2.35. The van der Waals surface area contributed by atoms with E-state index >= 15 is 0 Å². The van der Waals surface area contributed by atoms with Crippen LogP contribution in [0.25, 0.3) is 6.08 Å². The van der Waals surface area contributed by atoms with E-state index in [-0.39, 0.29) is 10.7 Å². The summed E-state index contributed by atoms with van der Waals surface area (Å²) in [5.41, 5.74) is 4.47. The summed E-state index contributed by atoms with van der Waals surface area (Å²) in [4.78, 5) is 29.5. The van der Waals surface area contributed by atoms with Crippen molar-refractivity contribution in [2.75, 3.05) is 36.1 Å². The molecule has 2 fully saturated rings. The molecular formula is C23H22BrN3O3S. The number of hydrogen-bond donors (Lipinski definition) is 1. The third-order valence-corrected chi connectivity index (χ3v) is 6.21. The van der Waals surface area contributed by atoms with Gasteiger partial charge in [0, 0.05) is 23.2 Å². The van der Waals surface area contributed by atoms with Crippen LogP contribution in [0.1, 0.15) is 16.7 Å². The number of hydrogen-bond acceptors (Lipinski definition) is 5. The monoisotopic (exact) mass is 499 g/mol. The smallest absolute Gasteiger partial charge is 0.270 e. The molecule has 2 aromatic rings. The van der Waals surface area contributed by atoms with Crippen molar-refractivity contribution in [3.8, 4) is 0 Å². The van der Waals surface area contributed by atoms with Gasteiger partial charge in [-0.2, -0.15) is 0 Å². The van der Waals surface area contributed by atoms with Gasteiger partial charge in [0.2, 0.25) is 0 Å². The molecule has 2 heterocycles. The summed E-state index contributed by atoms with van der Waals surface area (Å²) in [5, 5.41) is 2.73. The van der Waals surface area contributed by atoms with Crippen LogP contribution in [0.5, 0.6) is 0 Å². The first-order valence-corrected chi connectivity index (χ1v) is 11.2. The Balaban J connectivity index is 1.67. The lowest BCUT2D eigenvalue weighted by Gasteiger charge is -2.30. The summed E-state index contributed by atoms with van der Waals surface area (Å²) >= 11 is 8.74. The molecule has 2 amide bonds. The second kappa shape index (κ2) is 8.90. The number of carbonyl (C=O) groups is 2. The Hall–Kier alpha value is -2.55. The van der Waals surface area contributed by atoms with Crippen LogP contribution in [0.3, 0.4) is 0 Å². The fraction of sp³-hybridized carbons (Fsp3) is 0.261. The van der Waals surface area contributed by atoms with E-state index in [1.807, 2.05) is 38.1 Å². The number of ether oxygens (including phenoxy) is 1. The molecule has 2 aromatic carbocycles. The average molecular weight is 500 g/mol. The Morgan fingerprint density at radius 2 is 1.81 bits per heavy atom. The number of nitrogens with one attached hydrogen (secondary N) is 1. The average Bonchev–Trinajstić information content (AvgIpc) is 2.74. The van der Waals surface area contributed by atoms with Crippen molar-refractivity contribution >= 4 is 62.5 Å². The molecule has 0 bridgehead atoms. The van der Waals surface area contributed by atoms with Crippen molar-refractivity contribution in [1.29, 1.82) is 0 Å². The number of rotatable bonds is 3. The van der Waals surface area contributed by atoms with E-state index in [0.29, 0.717) is 18.9 Å². The summed E-state index contributed by atoms with van der Waals surface area (Å²) in [6, 6.07) is 11.6. The summed E-state index contributed by atoms with van der Waals surface area (Å²) in [5.74, 6) is -0.923. The molecule has 0 aromatic heterocycles. The van der Waals surface area contributed by atoms with Crippen LogP contribution in [-0.2, 0) is 14.3 Å². The number of halogens is 1. The fourth-order valence-corrected chi connectivity index (χ4v) is 4.49. The number of carbonyl (C=O) groups excluding carboxylic acids is 2. The van der Waals surface area contributed by atoms with Crippen LogP contribution in [0.15, 0.2) is 46.4 Å². The van der Waals surface area contributed by atoms with Crippen LogP contribution in [0.4, 0.5) is 11.4 Å². The lowest BCUT2D eigenvalue weighted by atomic mass is 10.0. The first-order chi connectivity index (χ1) is 14.8. The number of anilines is 2. The molecule has 2 aliphatic heterocycles. The molecule has 0 radical (unpaired) electrons. The molecule has 1 N–H and O–H groups in total. The van der Waals surface area contributed by atoms with Gasteiger partial charge in [-0.15, -0.1) is 0 Å². The van der Waals surface area contributed by atoms with Crippen molar-refractivity contribution in [2.24, 2.45) is 0 Å². The van der Waals surface area contributed by atoms with Crippen molar-refractivity contribution in [2.45, 2.75) is 13.8 Å². The summed E-state index contributed by atoms with van der Waals surface area (Å²) < 4.78 is 6.32. The van der Waals surface area contributed by atoms with E-state index in [2.05, 4.69) is 32.2 Å². The number of morpholine rings is 1. The normalized spacial score (nSPS) is 18.5. The van der Waals surface area contributed by atoms with Gasteiger partial charge in [0.05, 0.1) is 18.9 Å². The Kier molecular flexibility index (Phi) is 6.22. The van der Waals surface area contributed by atoms with Gasteiger partial charge in [0.15, 0.2) is 5.11 Å². The fourth-order valence-electron chi connectivity index (χ4n) is 3.74. The zero-order chi connectivity index (χ0) is 22.1. The topological polar surface area (TPSA) is 61.9 Å². The van der Waals surface area contributed by atoms with E-state index < -0.39 is 11.8 Å². The van der Waals surface area contributed by atoms with E-state index in [1.165, 1.54) is 4.90 Å². The minimum Gasteiger partial charge on any atom is -0.378 e. The maximum Gasteiger partial charge on any atom is 0.270 e. The van der Waals surface area contributed by atoms with Crippen LogP contribution in [0, 0.1) is 13.8 Å². The van der Waals surface area contributed by atoms with Crippen LogP contribution < -0.4 is 15.1 Å². The minimum absolute atomic E-state index is 0.0538. The second-order valence-electron chi connectivity index (χ2n) is 7.53. The van der Waals surface area contributed by atoms with Gasteiger partial charge in [0.25, 0.3) is 11.8 Å². The number of amides is 2. The molecule has 0 aliphatic carbocycles. The highest BCUT2D eigenvalue weighted by Crippen LogP contribution is 2.28. The molecule has 160 valence electrons. The van der Waals surface area contributed by atoms with Crippen molar-refractivity contribution < 1.29 is 14.3 Å². The van der Waals surface area contributed by atoms with Gasteiger partial charge in [-0.1, -0.05) is 22.0 Å². The highest BCUT2D eigenvalue weighted by molar-refractivity contribution is 9.10. The van der Waals surface area contributed by atoms with E-state index in [0.717, 1.165) is 39.9 Å². The first kappa shape index (κ1) is 21.7. The Morgan fingerprint density at radius 3 is 2.48 bits per heavy atom. The molecule has 31 heavy (non-hydrogen) atoms. The van der Waals surface area contributed by atoms with Crippen molar-refractivity contribution in [3.63, 3.8) is 0 Å². The Bertz CT molecular complexity index is 1110. The van der Waals surface area contributed by atoms with Gasteiger partial charge >= 0.3 is 0 Å². The quantitative estimate of drug-likeness (QED) is 0.396. The Morgan fingerprint density at radius 1 is 1.06 bits per heavy atom. The maximum atomic E-state index is 13.3. The summed E-state index contributed by atoms with van der Waals surface area (Å²) in [7, 11) is 0. The zero-order valence-electron chi connectivity index (χ0n) is 17.3. The van der Waals surface area contributed by atoms with E-state index in [1.54, 1.807) is 12.1 Å². The first-order valence-electron chi connectivity index (χ1n) is 9.96. The predicted octanol–water partition coefficient (Wildman–Crippen LogP) is 3.73. The van der Waals surface area contributed by atoms with Gasteiger partial charge in [-0.25, -0.2) is 0 Å². The molecule has 4 rings (SSSR count). The minimum atomic E-state index is -0.488. The number of nitrogens with zero attached hydrogens (tertiary/aromatic N) is 2. The Labute approximate surface area is 195 Å². The van der Waals surface area contributed by atoms with Gasteiger partial charge < -0.3 is 9.64 Å². The molecular weight excluding hydrogens is 478 g/mol. The van der Waals surface area contributed by atoms with Gasteiger partial charge in [-0.05, 0) is 79.2 Å². The number of thiocarbonyl (C=S) groups is 1. The molecule has 0 atom stereocenters. The molecule has 0 spiro atoms. The lowest BCUT2D eigenvalue weighted by molar-refractivity contribution is -0.122.